The lowest BCUT2D eigenvalue weighted by Gasteiger charge is -2.15. The van der Waals surface area contributed by atoms with Crippen LogP contribution in [0, 0.1) is 11.8 Å². The van der Waals surface area contributed by atoms with E-state index in [0.717, 1.165) is 0 Å². The highest BCUT2D eigenvalue weighted by Crippen LogP contribution is 2.41. The third kappa shape index (κ3) is 2.13. The van der Waals surface area contributed by atoms with Gasteiger partial charge in [-0.25, -0.2) is 0 Å². The Balaban J connectivity index is 2.03. The summed E-state index contributed by atoms with van der Waals surface area (Å²) in [7, 11) is 0. The second-order valence-corrected chi connectivity index (χ2v) is 4.64. The number of aliphatic hydroxyl groups is 2. The molecule has 0 spiro atoms. The van der Waals surface area contributed by atoms with Gasteiger partial charge < -0.3 is 14.9 Å². The molecule has 1 saturated heterocycles. The molecule has 5 atom stereocenters. The second kappa shape index (κ2) is 4.55. The predicted octanol–water partition coefficient (Wildman–Crippen LogP) is 0.626. The molecule has 2 rings (SSSR count). The molecule has 90 valence electrons. The molecule has 0 aromatic rings. The van der Waals surface area contributed by atoms with Gasteiger partial charge >= 0.3 is 5.97 Å². The summed E-state index contributed by atoms with van der Waals surface area (Å²) in [6.45, 7) is 1.89. The first-order valence-electron chi connectivity index (χ1n) is 5.85. The molecule has 0 aromatic heterocycles. The summed E-state index contributed by atoms with van der Waals surface area (Å²) in [5.74, 6) is -0.142. The highest BCUT2D eigenvalue weighted by molar-refractivity contribution is 5.72. The van der Waals surface area contributed by atoms with Crippen LogP contribution in [0.1, 0.15) is 26.2 Å². The summed E-state index contributed by atoms with van der Waals surface area (Å²) in [4.78, 5) is 11.1. The number of carbonyl (C=O) groups excluding carboxylic acids is 1. The SMILES string of the molecule is CC[C@H](O)/C=C/[C@@H]1[C@H]2CC(=O)O[C@H]2C[C@H]1O. The van der Waals surface area contributed by atoms with Crippen LogP contribution in [-0.4, -0.2) is 34.5 Å². The largest absolute Gasteiger partial charge is 0.462 e. The van der Waals surface area contributed by atoms with Gasteiger partial charge in [0.2, 0.25) is 0 Å². The van der Waals surface area contributed by atoms with Crippen LogP contribution in [0.15, 0.2) is 12.2 Å². The Bertz CT molecular complexity index is 299. The molecule has 1 aliphatic carbocycles. The third-order valence-electron chi connectivity index (χ3n) is 3.55. The smallest absolute Gasteiger partial charge is 0.306 e. The van der Waals surface area contributed by atoms with Crippen molar-refractivity contribution in [3.8, 4) is 0 Å². The van der Waals surface area contributed by atoms with Crippen LogP contribution in [-0.2, 0) is 9.53 Å². The van der Waals surface area contributed by atoms with Gasteiger partial charge in [0, 0.05) is 18.3 Å². The van der Waals surface area contributed by atoms with Gasteiger partial charge in [0.25, 0.3) is 0 Å². The van der Waals surface area contributed by atoms with Gasteiger partial charge in [0.15, 0.2) is 0 Å². The molecule has 2 fully saturated rings. The van der Waals surface area contributed by atoms with Gasteiger partial charge in [-0.15, -0.1) is 0 Å². The minimum absolute atomic E-state index is 0.0577. The van der Waals surface area contributed by atoms with E-state index in [1.807, 2.05) is 13.0 Å². The van der Waals surface area contributed by atoms with Crippen LogP contribution in [0.5, 0.6) is 0 Å². The van der Waals surface area contributed by atoms with Crippen LogP contribution < -0.4 is 0 Å². The average molecular weight is 226 g/mol. The Morgan fingerprint density at radius 3 is 3.06 bits per heavy atom. The maximum atomic E-state index is 11.1. The lowest BCUT2D eigenvalue weighted by Crippen LogP contribution is -2.18. The van der Waals surface area contributed by atoms with Crippen LogP contribution >= 0.6 is 0 Å². The topological polar surface area (TPSA) is 66.8 Å². The van der Waals surface area contributed by atoms with Gasteiger partial charge in [-0.3, -0.25) is 4.79 Å². The zero-order valence-electron chi connectivity index (χ0n) is 9.37. The summed E-state index contributed by atoms with van der Waals surface area (Å²) in [6.07, 6.45) is 4.06. The number of rotatable bonds is 3. The fourth-order valence-electron chi connectivity index (χ4n) is 2.58. The fourth-order valence-corrected chi connectivity index (χ4v) is 2.58. The van der Waals surface area contributed by atoms with Crippen molar-refractivity contribution in [3.05, 3.63) is 12.2 Å². The van der Waals surface area contributed by atoms with E-state index >= 15 is 0 Å². The predicted molar refractivity (Wildman–Crippen MR) is 57.5 cm³/mol. The van der Waals surface area contributed by atoms with Crippen LogP contribution in [0.25, 0.3) is 0 Å². The normalized spacial score (nSPS) is 40.1. The van der Waals surface area contributed by atoms with E-state index in [4.69, 9.17) is 4.74 Å². The molecule has 0 radical (unpaired) electrons. The summed E-state index contributed by atoms with van der Waals surface area (Å²) >= 11 is 0. The molecule has 2 aliphatic rings. The Hall–Kier alpha value is -0.870. The van der Waals surface area contributed by atoms with Crippen LogP contribution in [0.3, 0.4) is 0 Å². The van der Waals surface area contributed by atoms with Crippen molar-refractivity contribution in [2.75, 3.05) is 0 Å². The highest BCUT2D eigenvalue weighted by Gasteiger charge is 2.48. The van der Waals surface area contributed by atoms with Crippen molar-refractivity contribution in [3.63, 3.8) is 0 Å². The molecule has 16 heavy (non-hydrogen) atoms. The fraction of sp³-hybridized carbons (Fsp3) is 0.750. The standard InChI is InChI=1S/C12H18O4/c1-2-7(13)3-4-8-9-5-12(15)16-11(9)6-10(8)14/h3-4,7-11,13-14H,2,5-6H2,1H3/b4-3+/t7-,8+,9+,10+,11-/m0/s1. The Morgan fingerprint density at radius 1 is 1.62 bits per heavy atom. The van der Waals surface area contributed by atoms with Crippen LogP contribution in [0.4, 0.5) is 0 Å². The molecule has 1 saturated carbocycles. The molecule has 0 aromatic carbocycles. The molecular weight excluding hydrogens is 208 g/mol. The first-order valence-corrected chi connectivity index (χ1v) is 5.85. The number of hydrogen-bond donors (Lipinski definition) is 2. The number of ether oxygens (including phenoxy) is 1. The number of esters is 1. The van der Waals surface area contributed by atoms with E-state index in [1.54, 1.807) is 6.08 Å². The molecule has 2 N–H and O–H groups in total. The van der Waals surface area contributed by atoms with Crippen molar-refractivity contribution >= 4 is 5.97 Å². The summed E-state index contributed by atoms with van der Waals surface area (Å²) in [6, 6.07) is 0. The molecule has 0 unspecified atom stereocenters. The van der Waals surface area contributed by atoms with Crippen molar-refractivity contribution in [1.29, 1.82) is 0 Å². The Labute approximate surface area is 94.9 Å². The van der Waals surface area contributed by atoms with Gasteiger partial charge in [0.1, 0.15) is 6.10 Å². The van der Waals surface area contributed by atoms with E-state index in [-0.39, 0.29) is 23.9 Å². The van der Waals surface area contributed by atoms with E-state index in [1.165, 1.54) is 0 Å². The number of fused-ring (bicyclic) bond motifs is 1. The summed E-state index contributed by atoms with van der Waals surface area (Å²) in [5, 5.41) is 19.3. The second-order valence-electron chi connectivity index (χ2n) is 4.64. The number of carbonyl (C=O) groups is 1. The number of hydrogen-bond acceptors (Lipinski definition) is 4. The quantitative estimate of drug-likeness (QED) is 0.547. The van der Waals surface area contributed by atoms with Gasteiger partial charge in [0.05, 0.1) is 18.6 Å². The van der Waals surface area contributed by atoms with E-state index in [2.05, 4.69) is 0 Å². The van der Waals surface area contributed by atoms with Gasteiger partial charge in [-0.2, -0.15) is 0 Å². The van der Waals surface area contributed by atoms with Gasteiger partial charge in [-0.1, -0.05) is 19.1 Å². The van der Waals surface area contributed by atoms with Gasteiger partial charge in [-0.05, 0) is 6.42 Å². The number of aliphatic hydroxyl groups excluding tert-OH is 2. The zero-order chi connectivity index (χ0) is 11.7. The lowest BCUT2D eigenvalue weighted by atomic mass is 9.91. The maximum absolute atomic E-state index is 11.1. The van der Waals surface area contributed by atoms with E-state index < -0.39 is 12.2 Å². The van der Waals surface area contributed by atoms with E-state index in [9.17, 15) is 15.0 Å². The first-order chi connectivity index (χ1) is 7.61. The van der Waals surface area contributed by atoms with Crippen molar-refractivity contribution in [1.82, 2.24) is 0 Å². The lowest BCUT2D eigenvalue weighted by molar-refractivity contribution is -0.141. The molecule has 0 amide bonds. The van der Waals surface area contributed by atoms with E-state index in [0.29, 0.717) is 19.3 Å². The molecule has 0 bridgehead atoms. The molecule has 4 nitrogen and oxygen atoms in total. The average Bonchev–Trinajstić information content (AvgIpc) is 2.71. The van der Waals surface area contributed by atoms with Crippen molar-refractivity contribution < 1.29 is 19.7 Å². The summed E-state index contributed by atoms with van der Waals surface area (Å²) in [5.41, 5.74) is 0. The minimum atomic E-state index is -0.468. The minimum Gasteiger partial charge on any atom is -0.462 e. The third-order valence-corrected chi connectivity index (χ3v) is 3.55. The first kappa shape index (κ1) is 11.6. The zero-order valence-corrected chi connectivity index (χ0v) is 9.37. The monoisotopic (exact) mass is 226 g/mol. The van der Waals surface area contributed by atoms with Crippen molar-refractivity contribution in [2.45, 2.75) is 44.5 Å². The molecule has 1 aliphatic heterocycles. The Morgan fingerprint density at radius 2 is 2.38 bits per heavy atom. The Kier molecular flexibility index (Phi) is 3.30. The highest BCUT2D eigenvalue weighted by atomic mass is 16.6. The molecular formula is C12H18O4. The maximum Gasteiger partial charge on any atom is 0.306 e. The van der Waals surface area contributed by atoms with Crippen LogP contribution in [0.2, 0.25) is 0 Å². The molecule has 1 heterocycles. The summed E-state index contributed by atoms with van der Waals surface area (Å²) < 4.78 is 5.12. The molecule has 4 heteroatoms. The van der Waals surface area contributed by atoms with Crippen molar-refractivity contribution in [2.24, 2.45) is 11.8 Å².